The van der Waals surface area contributed by atoms with E-state index in [1.165, 1.54) is 0 Å². The molecule has 0 fully saturated rings. The highest BCUT2D eigenvalue weighted by atomic mass is 16.5. The summed E-state index contributed by atoms with van der Waals surface area (Å²) in [6.07, 6.45) is 0. The van der Waals surface area contributed by atoms with Gasteiger partial charge in [-0.15, -0.1) is 0 Å². The van der Waals surface area contributed by atoms with Crippen molar-refractivity contribution >= 4 is 11.0 Å². The van der Waals surface area contributed by atoms with Crippen molar-refractivity contribution in [2.24, 2.45) is 5.73 Å². The molecule has 0 atom stereocenters. The zero-order valence-electron chi connectivity index (χ0n) is 13.5. The molecule has 5 heteroatoms. The molecule has 21 heavy (non-hydrogen) atoms. The van der Waals surface area contributed by atoms with Crippen molar-refractivity contribution in [2.45, 2.75) is 32.7 Å². The Balaban J connectivity index is 2.96. The van der Waals surface area contributed by atoms with Gasteiger partial charge in [0.2, 0.25) is 5.75 Å². The zero-order chi connectivity index (χ0) is 15.8. The number of furan rings is 1. The fourth-order valence-corrected chi connectivity index (χ4v) is 2.71. The summed E-state index contributed by atoms with van der Waals surface area (Å²) in [4.78, 5) is 0. The molecule has 0 saturated carbocycles. The van der Waals surface area contributed by atoms with Gasteiger partial charge in [0.05, 0.1) is 33.3 Å². The Bertz CT molecular complexity index is 653. The molecule has 1 aromatic carbocycles. The van der Waals surface area contributed by atoms with Crippen LogP contribution in [0.4, 0.5) is 0 Å². The van der Waals surface area contributed by atoms with E-state index in [1.807, 2.05) is 6.07 Å². The van der Waals surface area contributed by atoms with E-state index < -0.39 is 0 Å². The van der Waals surface area contributed by atoms with Crippen LogP contribution in [0.25, 0.3) is 11.0 Å². The number of fused-ring (bicyclic) bond motifs is 1. The summed E-state index contributed by atoms with van der Waals surface area (Å²) in [5, 5.41) is 0.892. The van der Waals surface area contributed by atoms with Gasteiger partial charge in [-0.2, -0.15) is 0 Å². The second-order valence-corrected chi connectivity index (χ2v) is 5.87. The van der Waals surface area contributed by atoms with Crippen molar-refractivity contribution in [1.29, 1.82) is 0 Å². The minimum atomic E-state index is -0.132. The average molecular weight is 293 g/mol. The third-order valence-electron chi connectivity index (χ3n) is 3.49. The first-order valence-electron chi connectivity index (χ1n) is 6.83. The molecule has 116 valence electrons. The summed E-state index contributed by atoms with van der Waals surface area (Å²) in [5.41, 5.74) is 7.44. The van der Waals surface area contributed by atoms with E-state index in [0.29, 0.717) is 29.4 Å². The summed E-state index contributed by atoms with van der Waals surface area (Å²) in [6, 6.07) is 1.81. The lowest BCUT2D eigenvalue weighted by Crippen LogP contribution is -2.14. The fraction of sp³-hybridized carbons (Fsp3) is 0.500. The van der Waals surface area contributed by atoms with Gasteiger partial charge < -0.3 is 24.4 Å². The van der Waals surface area contributed by atoms with Crippen LogP contribution in [-0.4, -0.2) is 21.3 Å². The van der Waals surface area contributed by atoms with Crippen LogP contribution in [0.5, 0.6) is 17.2 Å². The predicted molar refractivity (Wildman–Crippen MR) is 82.5 cm³/mol. The summed E-state index contributed by atoms with van der Waals surface area (Å²) in [7, 11) is 4.78. The van der Waals surface area contributed by atoms with Gasteiger partial charge in [0.15, 0.2) is 11.5 Å². The molecule has 0 bridgehead atoms. The summed E-state index contributed by atoms with van der Waals surface area (Å²) in [6.45, 7) is 6.68. The summed E-state index contributed by atoms with van der Waals surface area (Å²) < 4.78 is 22.3. The van der Waals surface area contributed by atoms with Crippen LogP contribution in [-0.2, 0) is 12.0 Å². The highest BCUT2D eigenvalue weighted by molar-refractivity contribution is 5.94. The quantitative estimate of drug-likeness (QED) is 0.937. The van der Waals surface area contributed by atoms with Gasteiger partial charge in [-0.1, -0.05) is 20.8 Å². The van der Waals surface area contributed by atoms with E-state index in [0.717, 1.165) is 16.7 Å². The van der Waals surface area contributed by atoms with Crippen LogP contribution in [0, 0.1) is 0 Å². The summed E-state index contributed by atoms with van der Waals surface area (Å²) >= 11 is 0. The lowest BCUT2D eigenvalue weighted by Gasteiger charge is -2.20. The molecule has 0 aliphatic carbocycles. The lowest BCUT2D eigenvalue weighted by atomic mass is 9.84. The van der Waals surface area contributed by atoms with Gasteiger partial charge >= 0.3 is 0 Å². The molecule has 1 aromatic heterocycles. The van der Waals surface area contributed by atoms with E-state index in [4.69, 9.17) is 24.4 Å². The number of hydrogen-bond acceptors (Lipinski definition) is 5. The summed E-state index contributed by atoms with van der Waals surface area (Å²) in [5.74, 6) is 2.49. The second kappa shape index (κ2) is 5.48. The topological polar surface area (TPSA) is 66.9 Å². The monoisotopic (exact) mass is 293 g/mol. The standard InChI is InChI=1S/C16H23NO4/c1-16(2,3)13-11(8-17)21-9-7-10(18-4)14(19-5)15(20-6)12(9)13/h7H,8,17H2,1-6H3. The number of hydrogen-bond donors (Lipinski definition) is 1. The average Bonchev–Trinajstić information content (AvgIpc) is 2.82. The van der Waals surface area contributed by atoms with Gasteiger partial charge in [0.25, 0.3) is 0 Å². The largest absolute Gasteiger partial charge is 0.493 e. The van der Waals surface area contributed by atoms with Gasteiger partial charge in [0, 0.05) is 11.6 Å². The molecular formula is C16H23NO4. The van der Waals surface area contributed by atoms with Crippen LogP contribution in [0.15, 0.2) is 10.5 Å². The Morgan fingerprint density at radius 1 is 1.05 bits per heavy atom. The molecule has 0 amide bonds. The molecule has 0 saturated heterocycles. The van der Waals surface area contributed by atoms with Crippen molar-refractivity contribution in [3.05, 3.63) is 17.4 Å². The van der Waals surface area contributed by atoms with E-state index in [1.54, 1.807) is 21.3 Å². The molecule has 0 aliphatic rings. The smallest absolute Gasteiger partial charge is 0.204 e. The molecule has 0 radical (unpaired) electrons. The third kappa shape index (κ3) is 2.42. The number of benzene rings is 1. The lowest BCUT2D eigenvalue weighted by molar-refractivity contribution is 0.326. The van der Waals surface area contributed by atoms with Gasteiger partial charge in [-0.25, -0.2) is 0 Å². The first kappa shape index (κ1) is 15.5. The van der Waals surface area contributed by atoms with E-state index in [2.05, 4.69) is 20.8 Å². The molecule has 2 aromatic rings. The number of nitrogens with two attached hydrogens (primary N) is 1. The Morgan fingerprint density at radius 3 is 2.10 bits per heavy atom. The van der Waals surface area contributed by atoms with Crippen molar-refractivity contribution in [1.82, 2.24) is 0 Å². The van der Waals surface area contributed by atoms with Crippen LogP contribution < -0.4 is 19.9 Å². The van der Waals surface area contributed by atoms with Crippen LogP contribution in [0.1, 0.15) is 32.1 Å². The number of ether oxygens (including phenoxy) is 3. The molecule has 5 nitrogen and oxygen atoms in total. The first-order chi connectivity index (χ1) is 9.88. The van der Waals surface area contributed by atoms with Crippen LogP contribution in [0.2, 0.25) is 0 Å². The fourth-order valence-electron chi connectivity index (χ4n) is 2.71. The molecule has 1 heterocycles. The van der Waals surface area contributed by atoms with Gasteiger partial charge in [0.1, 0.15) is 11.3 Å². The second-order valence-electron chi connectivity index (χ2n) is 5.87. The maximum absolute atomic E-state index is 5.92. The Morgan fingerprint density at radius 2 is 1.67 bits per heavy atom. The Kier molecular flexibility index (Phi) is 4.05. The van der Waals surface area contributed by atoms with Gasteiger partial charge in [-0.3, -0.25) is 0 Å². The maximum atomic E-state index is 5.92. The normalized spacial score (nSPS) is 11.8. The highest BCUT2D eigenvalue weighted by Gasteiger charge is 2.30. The number of methoxy groups -OCH3 is 3. The Labute approximate surface area is 125 Å². The maximum Gasteiger partial charge on any atom is 0.204 e. The minimum absolute atomic E-state index is 0.132. The van der Waals surface area contributed by atoms with Crippen molar-refractivity contribution < 1.29 is 18.6 Å². The van der Waals surface area contributed by atoms with E-state index >= 15 is 0 Å². The van der Waals surface area contributed by atoms with Crippen LogP contribution >= 0.6 is 0 Å². The molecule has 2 N–H and O–H groups in total. The van der Waals surface area contributed by atoms with E-state index in [9.17, 15) is 0 Å². The Hall–Kier alpha value is -1.88. The molecular weight excluding hydrogens is 270 g/mol. The highest BCUT2D eigenvalue weighted by Crippen LogP contribution is 2.48. The van der Waals surface area contributed by atoms with Gasteiger partial charge in [-0.05, 0) is 5.41 Å². The SMILES string of the molecule is COc1cc2oc(CN)c(C(C)(C)C)c2c(OC)c1OC. The van der Waals surface area contributed by atoms with Crippen molar-refractivity contribution in [3.63, 3.8) is 0 Å². The third-order valence-corrected chi connectivity index (χ3v) is 3.49. The molecule has 0 spiro atoms. The minimum Gasteiger partial charge on any atom is -0.493 e. The molecule has 2 rings (SSSR count). The zero-order valence-corrected chi connectivity index (χ0v) is 13.5. The first-order valence-corrected chi connectivity index (χ1v) is 6.83. The number of rotatable bonds is 4. The predicted octanol–water partition coefficient (Wildman–Crippen LogP) is 3.21. The van der Waals surface area contributed by atoms with Crippen LogP contribution in [0.3, 0.4) is 0 Å². The van der Waals surface area contributed by atoms with Crippen molar-refractivity contribution in [2.75, 3.05) is 21.3 Å². The van der Waals surface area contributed by atoms with E-state index in [-0.39, 0.29) is 5.41 Å². The van der Waals surface area contributed by atoms with Crippen molar-refractivity contribution in [3.8, 4) is 17.2 Å². The molecule has 0 aliphatic heterocycles. The molecule has 0 unspecified atom stereocenters.